The van der Waals surface area contributed by atoms with Crippen LogP contribution in [0.1, 0.15) is 39.0 Å². The van der Waals surface area contributed by atoms with E-state index >= 15 is 0 Å². The van der Waals surface area contributed by atoms with E-state index in [0.717, 1.165) is 12.1 Å². The van der Waals surface area contributed by atoms with Crippen LogP contribution >= 0.6 is 11.6 Å². The van der Waals surface area contributed by atoms with Gasteiger partial charge in [0.15, 0.2) is 11.0 Å². The number of alkyl halides is 1. The smallest absolute Gasteiger partial charge is 0.318 e. The molecule has 0 saturated heterocycles. The molecule has 0 amide bonds. The largest absolute Gasteiger partial charge is 0.481 e. The number of carboxylic acid groups (broad SMARTS) is 2. The lowest BCUT2D eigenvalue weighted by atomic mass is 9.78. The summed E-state index contributed by atoms with van der Waals surface area (Å²) in [6, 6.07) is 0.0975. The highest BCUT2D eigenvalue weighted by Crippen LogP contribution is 2.32. The molecule has 1 aliphatic heterocycles. The minimum atomic E-state index is -1.33. The Labute approximate surface area is 139 Å². The number of hydrogen-bond donors (Lipinski definition) is 4. The molecule has 0 spiro atoms. The number of nitrogens with zero attached hydrogens (tertiary/aromatic N) is 1. The molecule has 128 valence electrons. The molecule has 4 N–H and O–H groups in total. The molecule has 1 atom stereocenters. The summed E-state index contributed by atoms with van der Waals surface area (Å²) < 4.78 is 0. The standard InChI is InChI=1S/C15H22ClN3O4/c1-2-10-7-15(16,18-8-17-10)19-11-5-3-9(4-6-11)12(13(20)21)14(22)23/h7-9,11-12,19H,2-6H2,1H3,(H,17,18)(H,20,21)(H,22,23)/t9-,11+,15?. The van der Waals surface area contributed by atoms with Crippen molar-refractivity contribution in [1.82, 2.24) is 10.6 Å². The zero-order valence-electron chi connectivity index (χ0n) is 13.0. The van der Waals surface area contributed by atoms with Gasteiger partial charge < -0.3 is 15.5 Å². The summed E-state index contributed by atoms with van der Waals surface area (Å²) in [6.07, 6.45) is 6.64. The van der Waals surface area contributed by atoms with Gasteiger partial charge in [0.2, 0.25) is 0 Å². The fourth-order valence-electron chi connectivity index (χ4n) is 3.20. The highest BCUT2D eigenvalue weighted by atomic mass is 35.5. The van der Waals surface area contributed by atoms with Gasteiger partial charge in [0.25, 0.3) is 0 Å². The van der Waals surface area contributed by atoms with Gasteiger partial charge in [0.05, 0.1) is 6.34 Å². The summed E-state index contributed by atoms with van der Waals surface area (Å²) in [5.74, 6) is -4.18. The first-order valence-electron chi connectivity index (χ1n) is 7.79. The summed E-state index contributed by atoms with van der Waals surface area (Å²) in [5.41, 5.74) is 0.886. The number of rotatable bonds is 6. The summed E-state index contributed by atoms with van der Waals surface area (Å²) in [7, 11) is 0. The van der Waals surface area contributed by atoms with Gasteiger partial charge in [-0.25, -0.2) is 4.99 Å². The molecule has 1 heterocycles. The molecule has 0 bridgehead atoms. The third-order valence-electron chi connectivity index (χ3n) is 4.42. The number of carbonyl (C=O) groups is 2. The second kappa shape index (κ2) is 7.31. The second-order valence-corrected chi connectivity index (χ2v) is 6.61. The first-order chi connectivity index (χ1) is 10.8. The maximum Gasteiger partial charge on any atom is 0.318 e. The van der Waals surface area contributed by atoms with Crippen molar-refractivity contribution in [1.29, 1.82) is 0 Å². The maximum absolute atomic E-state index is 11.1. The van der Waals surface area contributed by atoms with Crippen LogP contribution in [0, 0.1) is 11.8 Å². The van der Waals surface area contributed by atoms with E-state index in [2.05, 4.69) is 15.6 Å². The normalized spacial score (nSPS) is 30.7. The van der Waals surface area contributed by atoms with Gasteiger partial charge in [-0.1, -0.05) is 18.5 Å². The Kier molecular flexibility index (Phi) is 5.64. The molecule has 1 unspecified atom stereocenters. The van der Waals surface area contributed by atoms with Crippen LogP contribution < -0.4 is 10.6 Å². The minimum absolute atomic E-state index is 0.0975. The number of aliphatic carboxylic acids is 2. The van der Waals surface area contributed by atoms with Gasteiger partial charge in [-0.15, -0.1) is 0 Å². The summed E-state index contributed by atoms with van der Waals surface area (Å²) in [5, 5.41) is 23.5. The lowest BCUT2D eigenvalue weighted by Gasteiger charge is -2.37. The van der Waals surface area contributed by atoms with E-state index in [1.165, 1.54) is 0 Å². The highest BCUT2D eigenvalue weighted by Gasteiger charge is 2.38. The predicted octanol–water partition coefficient (Wildman–Crippen LogP) is 1.74. The lowest BCUT2D eigenvalue weighted by molar-refractivity contribution is -0.158. The minimum Gasteiger partial charge on any atom is -0.481 e. The molecule has 1 saturated carbocycles. The Bertz CT molecular complexity index is 515. The fraction of sp³-hybridized carbons (Fsp3) is 0.667. The third kappa shape index (κ3) is 4.45. The molecule has 2 aliphatic rings. The van der Waals surface area contributed by atoms with Crippen molar-refractivity contribution in [3.8, 4) is 0 Å². The molecule has 7 nitrogen and oxygen atoms in total. The van der Waals surface area contributed by atoms with Gasteiger partial charge in [-0.05, 0) is 44.1 Å². The average Bonchev–Trinajstić information content (AvgIpc) is 2.48. The van der Waals surface area contributed by atoms with Crippen molar-refractivity contribution in [2.75, 3.05) is 0 Å². The zero-order chi connectivity index (χ0) is 17.0. The quantitative estimate of drug-likeness (QED) is 0.332. The Morgan fingerprint density at radius 3 is 2.52 bits per heavy atom. The molecule has 0 aromatic rings. The van der Waals surface area contributed by atoms with Crippen LogP contribution in [0.4, 0.5) is 0 Å². The van der Waals surface area contributed by atoms with Crippen LogP contribution in [-0.2, 0) is 9.59 Å². The van der Waals surface area contributed by atoms with Gasteiger partial charge in [0.1, 0.15) is 0 Å². The van der Waals surface area contributed by atoms with E-state index in [4.69, 9.17) is 21.8 Å². The summed E-state index contributed by atoms with van der Waals surface area (Å²) >= 11 is 6.50. The van der Waals surface area contributed by atoms with Gasteiger partial charge in [-0.3, -0.25) is 14.9 Å². The van der Waals surface area contributed by atoms with Crippen LogP contribution in [0.25, 0.3) is 0 Å². The monoisotopic (exact) mass is 343 g/mol. The Morgan fingerprint density at radius 2 is 2.00 bits per heavy atom. The number of hydrogen-bond acceptors (Lipinski definition) is 5. The summed E-state index contributed by atoms with van der Waals surface area (Å²) in [6.45, 7) is 1.99. The molecule has 0 aromatic heterocycles. The van der Waals surface area contributed by atoms with E-state index in [9.17, 15) is 9.59 Å². The van der Waals surface area contributed by atoms with Crippen molar-refractivity contribution >= 4 is 29.9 Å². The van der Waals surface area contributed by atoms with Crippen molar-refractivity contribution < 1.29 is 19.8 Å². The predicted molar refractivity (Wildman–Crippen MR) is 86.2 cm³/mol. The molecular formula is C15H22ClN3O4. The van der Waals surface area contributed by atoms with Gasteiger partial charge in [-0.2, -0.15) is 0 Å². The summed E-state index contributed by atoms with van der Waals surface area (Å²) in [4.78, 5) is 26.4. The molecule has 23 heavy (non-hydrogen) atoms. The topological polar surface area (TPSA) is 111 Å². The van der Waals surface area contributed by atoms with E-state index in [1.807, 2.05) is 13.0 Å². The second-order valence-electron chi connectivity index (χ2n) is 6.01. The van der Waals surface area contributed by atoms with Crippen LogP contribution in [0.15, 0.2) is 16.8 Å². The van der Waals surface area contributed by atoms with Crippen LogP contribution in [0.2, 0.25) is 0 Å². The Balaban J connectivity index is 1.92. The van der Waals surface area contributed by atoms with Crippen LogP contribution in [0.5, 0.6) is 0 Å². The maximum atomic E-state index is 11.1. The van der Waals surface area contributed by atoms with E-state index in [1.54, 1.807) is 6.34 Å². The van der Waals surface area contributed by atoms with E-state index in [-0.39, 0.29) is 12.0 Å². The zero-order valence-corrected chi connectivity index (χ0v) is 13.7. The van der Waals surface area contributed by atoms with Crippen molar-refractivity contribution in [3.63, 3.8) is 0 Å². The first-order valence-corrected chi connectivity index (χ1v) is 8.16. The SMILES string of the molecule is CCC1=CC(Cl)(N[C@H]2CC[C@@H](C(C(=O)O)C(=O)O)CC2)NC=N1. The number of aliphatic imine (C=N–C) groups is 1. The van der Waals surface area contributed by atoms with Crippen molar-refractivity contribution in [3.05, 3.63) is 11.8 Å². The molecule has 0 aromatic carbocycles. The molecular weight excluding hydrogens is 322 g/mol. The van der Waals surface area contributed by atoms with E-state index < -0.39 is 23.0 Å². The average molecular weight is 344 g/mol. The third-order valence-corrected chi connectivity index (χ3v) is 4.75. The molecule has 2 rings (SSSR count). The van der Waals surface area contributed by atoms with Crippen LogP contribution in [0.3, 0.4) is 0 Å². The van der Waals surface area contributed by atoms with Crippen molar-refractivity contribution in [2.45, 2.75) is 50.2 Å². The number of nitrogens with one attached hydrogen (secondary N) is 2. The van der Waals surface area contributed by atoms with Gasteiger partial charge in [0, 0.05) is 11.7 Å². The fourth-order valence-corrected chi connectivity index (χ4v) is 3.53. The van der Waals surface area contributed by atoms with Crippen molar-refractivity contribution in [2.24, 2.45) is 16.8 Å². The molecule has 8 heteroatoms. The Hall–Kier alpha value is -1.60. The first kappa shape index (κ1) is 17.7. The van der Waals surface area contributed by atoms with Gasteiger partial charge >= 0.3 is 11.9 Å². The number of allylic oxidation sites excluding steroid dienone is 1. The van der Waals surface area contributed by atoms with Crippen LogP contribution in [-0.4, -0.2) is 39.7 Å². The van der Waals surface area contributed by atoms with E-state index in [0.29, 0.717) is 25.7 Å². The molecule has 1 aliphatic carbocycles. The molecule has 0 radical (unpaired) electrons. The molecule has 1 fully saturated rings. The number of carboxylic acids is 2. The number of halogens is 1. The Morgan fingerprint density at radius 1 is 1.39 bits per heavy atom. The highest BCUT2D eigenvalue weighted by molar-refractivity contribution is 6.25. The lowest BCUT2D eigenvalue weighted by Crippen LogP contribution is -2.56.